The SMILES string of the molecule is COc1ncc(CC(=O)NC(CCc2ccccc2)C(=O)NC(CC(C)C)C(=O)NC2Cc3ccccc3C3C[N+]3(C(CC(C)C)C(=O)C3(C)CO3)C2=O)s1. The molecule has 3 aliphatic rings. The maximum absolute atomic E-state index is 14.9. The predicted molar refractivity (Wildman–Crippen MR) is 208 cm³/mol. The van der Waals surface area contributed by atoms with Gasteiger partial charge in [0.2, 0.25) is 23.5 Å². The minimum absolute atomic E-state index is 0.0162. The van der Waals surface area contributed by atoms with Crippen molar-refractivity contribution >= 4 is 40.7 Å². The van der Waals surface area contributed by atoms with Crippen LogP contribution < -0.4 is 20.7 Å². The third kappa shape index (κ3) is 9.16. The van der Waals surface area contributed by atoms with Crippen molar-refractivity contribution < 1.29 is 37.9 Å². The highest BCUT2D eigenvalue weighted by molar-refractivity contribution is 7.13. The first-order valence-electron chi connectivity index (χ1n) is 19.3. The number of carbonyl (C=O) groups excluding carboxylic acids is 5. The van der Waals surface area contributed by atoms with E-state index in [1.807, 2.05) is 82.3 Å². The van der Waals surface area contributed by atoms with Gasteiger partial charge in [-0.15, -0.1) is 0 Å². The fraction of sp³-hybridized carbons (Fsp3) is 0.524. The fourth-order valence-electron chi connectivity index (χ4n) is 7.98. The van der Waals surface area contributed by atoms with Gasteiger partial charge in [-0.3, -0.25) is 19.2 Å². The number of methoxy groups -OCH3 is 1. The highest BCUT2D eigenvalue weighted by Crippen LogP contribution is 2.54. The van der Waals surface area contributed by atoms with Crippen LogP contribution in [0.15, 0.2) is 60.8 Å². The van der Waals surface area contributed by atoms with Gasteiger partial charge in [-0.05, 0) is 49.1 Å². The van der Waals surface area contributed by atoms with E-state index >= 15 is 0 Å². The molecule has 4 heterocycles. The number of rotatable bonds is 18. The third-order valence-electron chi connectivity index (χ3n) is 11.0. The molecule has 3 aliphatic heterocycles. The summed E-state index contributed by atoms with van der Waals surface area (Å²) in [6.07, 6.45) is 3.51. The zero-order valence-electron chi connectivity index (χ0n) is 32.6. The lowest BCUT2D eigenvalue weighted by Crippen LogP contribution is -2.61. The summed E-state index contributed by atoms with van der Waals surface area (Å²) in [6, 6.07) is 13.9. The Hall–Kier alpha value is -4.46. The number of Topliss-reactive ketones (excluding diaryl/α,β-unsaturated/α-hetero) is 1. The number of amides is 4. The highest BCUT2D eigenvalue weighted by atomic mass is 32.1. The first kappa shape index (κ1) is 40.2. The maximum atomic E-state index is 14.9. The molecule has 13 heteroatoms. The van der Waals surface area contributed by atoms with Crippen molar-refractivity contribution in [3.8, 4) is 5.19 Å². The second-order valence-electron chi connectivity index (χ2n) is 16.3. The van der Waals surface area contributed by atoms with Crippen molar-refractivity contribution in [3.05, 3.63) is 82.4 Å². The van der Waals surface area contributed by atoms with Crippen LogP contribution in [0.2, 0.25) is 0 Å². The Kier molecular flexibility index (Phi) is 12.2. The van der Waals surface area contributed by atoms with E-state index in [0.29, 0.717) is 48.9 Å². The maximum Gasteiger partial charge on any atom is 0.337 e. The van der Waals surface area contributed by atoms with E-state index < -0.39 is 41.6 Å². The molecule has 1 aromatic heterocycles. The van der Waals surface area contributed by atoms with Crippen LogP contribution in [0, 0.1) is 11.8 Å². The molecular formula is C42H54N5O7S+. The third-order valence-corrected chi connectivity index (χ3v) is 12.0. The zero-order chi connectivity index (χ0) is 39.5. The van der Waals surface area contributed by atoms with E-state index in [-0.39, 0.29) is 52.8 Å². The minimum Gasteiger partial charge on any atom is -0.473 e. The Bertz CT molecular complexity index is 1890. The van der Waals surface area contributed by atoms with Crippen LogP contribution in [-0.4, -0.2) is 88.9 Å². The number of hydrogen-bond donors (Lipinski definition) is 3. The molecule has 4 amide bonds. The monoisotopic (exact) mass is 772 g/mol. The number of thiazole rings is 1. The number of fused-ring (bicyclic) bond motifs is 3. The van der Waals surface area contributed by atoms with Gasteiger partial charge in [-0.1, -0.05) is 93.6 Å². The van der Waals surface area contributed by atoms with Gasteiger partial charge in [0.25, 0.3) is 5.19 Å². The lowest BCUT2D eigenvalue weighted by molar-refractivity contribution is -0.758. The molecule has 0 bridgehead atoms. The number of benzene rings is 2. The molecular weight excluding hydrogens is 719 g/mol. The number of aryl methyl sites for hydroxylation is 1. The Labute approximate surface area is 327 Å². The number of epoxide rings is 1. The summed E-state index contributed by atoms with van der Waals surface area (Å²) in [5, 5.41) is 9.34. The van der Waals surface area contributed by atoms with Gasteiger partial charge in [-0.25, -0.2) is 14.3 Å². The number of hydrogen-bond acceptors (Lipinski definition) is 9. The molecule has 0 spiro atoms. The van der Waals surface area contributed by atoms with Gasteiger partial charge in [0.05, 0.1) is 20.1 Å². The number of nitrogens with zero attached hydrogens (tertiary/aromatic N) is 2. The Morgan fingerprint density at radius 2 is 1.65 bits per heavy atom. The molecule has 3 aromatic rings. The Morgan fingerprint density at radius 1 is 0.964 bits per heavy atom. The standard InChI is InChI=1S/C42H53N5O7S/c1-25(2)18-32(45-38(50)31(17-16-27-12-8-7-9-13-27)44-36(48)21-29-22-43-41(53-6)55-29)39(51)46-33-20-28-14-10-11-15-30(28)35-23-47(35,40(33)52)34(19-26(3)4)37(49)42(5)24-54-42/h7-15,22,25-26,31-35H,16-21,23-24H2,1-6H3,(H2-,44,45,46,48,50,51)/p+1. The van der Waals surface area contributed by atoms with Crippen molar-refractivity contribution in [2.45, 2.75) is 109 Å². The van der Waals surface area contributed by atoms with Crippen molar-refractivity contribution in [1.82, 2.24) is 20.9 Å². The minimum atomic E-state index is -0.981. The quantitative estimate of drug-likeness (QED) is 0.128. The summed E-state index contributed by atoms with van der Waals surface area (Å²) in [5.41, 5.74) is 2.08. The summed E-state index contributed by atoms with van der Waals surface area (Å²) >= 11 is 1.25. The molecule has 12 nitrogen and oxygen atoms in total. The van der Waals surface area contributed by atoms with E-state index in [0.717, 1.165) is 16.7 Å². The lowest BCUT2D eigenvalue weighted by Gasteiger charge is -2.32. The molecule has 7 atom stereocenters. The molecule has 2 saturated heterocycles. The largest absolute Gasteiger partial charge is 0.473 e. The van der Waals surface area contributed by atoms with Crippen LogP contribution in [-0.2, 0) is 48.0 Å². The van der Waals surface area contributed by atoms with Crippen LogP contribution >= 0.6 is 11.3 Å². The smallest absolute Gasteiger partial charge is 0.337 e. The normalized spacial score (nSPS) is 24.1. The van der Waals surface area contributed by atoms with E-state index in [1.54, 1.807) is 13.1 Å². The predicted octanol–water partition coefficient (Wildman–Crippen LogP) is 4.25. The number of quaternary nitrogens is 1. The van der Waals surface area contributed by atoms with Crippen LogP contribution in [0.5, 0.6) is 5.19 Å². The van der Waals surface area contributed by atoms with Crippen LogP contribution in [0.3, 0.4) is 0 Å². The lowest BCUT2D eigenvalue weighted by atomic mass is 9.91. The molecule has 2 aromatic carbocycles. The number of ether oxygens (including phenoxy) is 2. The molecule has 55 heavy (non-hydrogen) atoms. The van der Waals surface area contributed by atoms with Crippen LogP contribution in [0.4, 0.5) is 0 Å². The number of ketones is 1. The molecule has 3 N–H and O–H groups in total. The van der Waals surface area contributed by atoms with Crippen molar-refractivity contribution in [2.24, 2.45) is 11.8 Å². The van der Waals surface area contributed by atoms with Gasteiger partial charge in [0.1, 0.15) is 24.7 Å². The van der Waals surface area contributed by atoms with Crippen LogP contribution in [0.25, 0.3) is 0 Å². The van der Waals surface area contributed by atoms with Gasteiger partial charge in [0.15, 0.2) is 17.7 Å². The summed E-state index contributed by atoms with van der Waals surface area (Å²) in [6.45, 7) is 10.6. The van der Waals surface area contributed by atoms with Crippen molar-refractivity contribution in [2.75, 3.05) is 20.3 Å². The number of nitrogens with one attached hydrogen (secondary N) is 3. The van der Waals surface area contributed by atoms with Crippen molar-refractivity contribution in [3.63, 3.8) is 0 Å². The summed E-state index contributed by atoms with van der Waals surface area (Å²) < 4.78 is 10.7. The molecule has 0 saturated carbocycles. The average molecular weight is 773 g/mol. The Morgan fingerprint density at radius 3 is 2.31 bits per heavy atom. The zero-order valence-corrected chi connectivity index (χ0v) is 33.4. The number of carbonyl (C=O) groups is 5. The second kappa shape index (κ2) is 16.7. The first-order chi connectivity index (χ1) is 26.2. The summed E-state index contributed by atoms with van der Waals surface area (Å²) in [7, 11) is 1.51. The van der Waals surface area contributed by atoms with E-state index in [2.05, 4.69) is 20.9 Å². The van der Waals surface area contributed by atoms with Crippen molar-refractivity contribution in [1.29, 1.82) is 0 Å². The van der Waals surface area contributed by atoms with E-state index in [9.17, 15) is 24.0 Å². The molecule has 294 valence electrons. The molecule has 0 aliphatic carbocycles. The topological polar surface area (TPSA) is 156 Å². The molecule has 0 radical (unpaired) electrons. The Balaban J connectivity index is 1.23. The highest BCUT2D eigenvalue weighted by Gasteiger charge is 2.72. The number of aromatic nitrogens is 1. The fourth-order valence-corrected chi connectivity index (χ4v) is 8.70. The van der Waals surface area contributed by atoms with Gasteiger partial charge in [0, 0.05) is 29.5 Å². The summed E-state index contributed by atoms with van der Waals surface area (Å²) in [5.74, 6) is -1.42. The van der Waals surface area contributed by atoms with E-state index in [1.165, 1.54) is 18.4 Å². The molecule has 2 fully saturated rings. The van der Waals surface area contributed by atoms with Gasteiger partial charge < -0.3 is 25.4 Å². The van der Waals surface area contributed by atoms with E-state index in [4.69, 9.17) is 9.47 Å². The molecule has 6 rings (SSSR count). The second-order valence-corrected chi connectivity index (χ2v) is 17.3. The molecule has 7 unspecified atom stereocenters. The first-order valence-corrected chi connectivity index (χ1v) is 20.2. The summed E-state index contributed by atoms with van der Waals surface area (Å²) in [4.78, 5) is 75.5. The van der Waals surface area contributed by atoms with Gasteiger partial charge in [-0.2, -0.15) is 0 Å². The van der Waals surface area contributed by atoms with Crippen LogP contribution in [0.1, 0.15) is 81.5 Å². The van der Waals surface area contributed by atoms with Gasteiger partial charge >= 0.3 is 5.91 Å². The average Bonchev–Trinajstić information content (AvgIpc) is 4.05.